The Morgan fingerprint density at radius 3 is 2.50 bits per heavy atom. The number of hydrogen-bond donors (Lipinski definition) is 1. The lowest BCUT2D eigenvalue weighted by atomic mass is 10.6. The summed E-state index contributed by atoms with van der Waals surface area (Å²) in [5.41, 5.74) is 0. The Morgan fingerprint density at radius 1 is 1.75 bits per heavy atom. The molecule has 3 nitrogen and oxygen atoms in total. The monoisotopic (exact) mass is 228 g/mol. The van der Waals surface area contributed by atoms with Crippen LogP contribution >= 0.6 is 22.9 Å². The van der Waals surface area contributed by atoms with Gasteiger partial charge in [0.25, 0.3) is 0 Å². The van der Waals surface area contributed by atoms with Gasteiger partial charge in [-0.05, 0) is 7.05 Å². The molecule has 0 aromatic rings. The van der Waals surface area contributed by atoms with E-state index < -0.39 is 0 Å². The second-order valence-electron chi connectivity index (χ2n) is 2.06. The van der Waals surface area contributed by atoms with Crippen molar-refractivity contribution in [3.8, 4) is 0 Å². The molecule has 0 spiro atoms. The molecular weight excluding hydrogens is 219 g/mol. The number of aliphatic hydroxyl groups is 1. The van der Waals surface area contributed by atoms with Crippen LogP contribution in [0.25, 0.3) is 0 Å². The summed E-state index contributed by atoms with van der Waals surface area (Å²) in [6.07, 6.45) is -0.263. The Morgan fingerprint density at radius 2 is 2.38 bits per heavy atom. The van der Waals surface area contributed by atoms with Crippen molar-refractivity contribution < 1.29 is 5.11 Å². The van der Waals surface area contributed by atoms with Crippen molar-refractivity contribution in [1.82, 2.24) is 8.01 Å². The third-order valence-corrected chi connectivity index (χ3v) is 2.12. The maximum absolute atomic E-state index is 9.04. The number of β-amino-alcohol motifs (C(OH)–C–C–N with tert-alkyl or cyclic N) is 1. The van der Waals surface area contributed by atoms with Crippen LogP contribution in [-0.4, -0.2) is 39.6 Å². The number of nitrogens with zero attached hydrogens (tertiary/aromatic N) is 2. The first-order valence-electron chi connectivity index (χ1n) is 2.49. The molecule has 0 aromatic heterocycles. The van der Waals surface area contributed by atoms with Gasteiger partial charge in [-0.2, -0.15) is 0 Å². The number of aliphatic hydroxyl groups excluding tert-OH is 1. The van der Waals surface area contributed by atoms with Gasteiger partial charge < -0.3 is 5.11 Å². The first kappa shape index (κ1) is 6.73. The molecule has 1 N–H and O–H groups in total. The van der Waals surface area contributed by atoms with E-state index in [0.717, 1.165) is 13.2 Å². The molecule has 0 aliphatic carbocycles. The van der Waals surface area contributed by atoms with E-state index >= 15 is 0 Å². The molecule has 0 saturated carbocycles. The van der Waals surface area contributed by atoms with Gasteiger partial charge in [-0.1, -0.05) is 0 Å². The molecule has 0 amide bonds. The molecule has 48 valence electrons. The third-order valence-electron chi connectivity index (χ3n) is 1.17. The molecule has 1 fully saturated rings. The van der Waals surface area contributed by atoms with Gasteiger partial charge >= 0.3 is 0 Å². The quantitative estimate of drug-likeness (QED) is 0.461. The van der Waals surface area contributed by atoms with E-state index in [0.29, 0.717) is 0 Å². The van der Waals surface area contributed by atoms with Crippen LogP contribution in [-0.2, 0) is 0 Å². The molecule has 0 bridgehead atoms. The van der Waals surface area contributed by atoms with Gasteiger partial charge in [0, 0.05) is 29.4 Å². The fraction of sp³-hybridized carbons (Fsp3) is 1.00. The summed E-state index contributed by atoms with van der Waals surface area (Å²) in [4.78, 5) is 2.07. The van der Waals surface area contributed by atoms with E-state index in [2.05, 4.69) is 27.8 Å². The first-order chi connectivity index (χ1) is 3.70. The van der Waals surface area contributed by atoms with E-state index in [4.69, 9.17) is 5.11 Å². The summed E-state index contributed by atoms with van der Waals surface area (Å²) in [7, 11) is 1.99. The van der Waals surface area contributed by atoms with Gasteiger partial charge in [0.1, 0.15) is 6.23 Å². The highest BCUT2D eigenvalue weighted by Gasteiger charge is 2.23. The van der Waals surface area contributed by atoms with Crippen LogP contribution in [0.15, 0.2) is 0 Å². The number of likely N-dealkylation sites (N-methyl/N-ethyl adjacent to an activating group) is 1. The lowest BCUT2D eigenvalue weighted by Crippen LogP contribution is -2.19. The zero-order valence-corrected chi connectivity index (χ0v) is 6.87. The van der Waals surface area contributed by atoms with Gasteiger partial charge in [-0.3, -0.25) is 4.90 Å². The smallest absolute Gasteiger partial charge is 0.129 e. The minimum Gasteiger partial charge on any atom is -0.376 e. The Bertz CT molecular complexity index is 80.1. The largest absolute Gasteiger partial charge is 0.376 e. The molecule has 1 heterocycles. The lowest BCUT2D eigenvalue weighted by molar-refractivity contribution is 0.123. The second-order valence-corrected chi connectivity index (χ2v) is 3.30. The van der Waals surface area contributed by atoms with Gasteiger partial charge in [-0.25, -0.2) is 3.11 Å². The van der Waals surface area contributed by atoms with Crippen LogP contribution in [0, 0.1) is 0 Å². The van der Waals surface area contributed by atoms with Crippen LogP contribution < -0.4 is 0 Å². The molecule has 1 atom stereocenters. The predicted octanol–water partition coefficient (Wildman–Crippen LogP) is -0.140. The molecule has 0 radical (unpaired) electrons. The molecule has 4 heteroatoms. The average Bonchev–Trinajstić information content (AvgIpc) is 1.85. The molecule has 0 aromatic carbocycles. The van der Waals surface area contributed by atoms with Crippen LogP contribution in [0.2, 0.25) is 0 Å². The normalized spacial score (nSPS) is 34.1. The molecule has 1 saturated heterocycles. The molecule has 1 aliphatic rings. The molecule has 1 rings (SSSR count). The van der Waals surface area contributed by atoms with E-state index in [9.17, 15) is 0 Å². The summed E-state index contributed by atoms with van der Waals surface area (Å²) < 4.78 is 1.87. The van der Waals surface area contributed by atoms with Crippen molar-refractivity contribution in [2.75, 3.05) is 20.3 Å². The van der Waals surface area contributed by atoms with Crippen molar-refractivity contribution in [2.45, 2.75) is 6.23 Å². The topological polar surface area (TPSA) is 26.7 Å². The second kappa shape index (κ2) is 2.47. The highest BCUT2D eigenvalue weighted by Crippen LogP contribution is 2.12. The van der Waals surface area contributed by atoms with Crippen molar-refractivity contribution in [3.63, 3.8) is 0 Å². The number of rotatable bonds is 0. The van der Waals surface area contributed by atoms with E-state index in [1.807, 2.05) is 10.2 Å². The number of halogens is 1. The highest BCUT2D eigenvalue weighted by atomic mass is 127. The Balaban J connectivity index is 2.39. The Hall–Kier alpha value is 0.610. The summed E-state index contributed by atoms with van der Waals surface area (Å²) in [5.74, 6) is 0. The van der Waals surface area contributed by atoms with Crippen molar-refractivity contribution >= 4 is 22.9 Å². The maximum atomic E-state index is 9.04. The summed E-state index contributed by atoms with van der Waals surface area (Å²) in [5, 5.41) is 9.04. The lowest BCUT2D eigenvalue weighted by Gasteiger charge is -2.06. The Labute approximate surface area is 62.8 Å². The average molecular weight is 228 g/mol. The van der Waals surface area contributed by atoms with Gasteiger partial charge in [0.15, 0.2) is 0 Å². The van der Waals surface area contributed by atoms with Crippen LogP contribution in [0.5, 0.6) is 0 Å². The minimum absolute atomic E-state index is 0.263. The predicted molar refractivity (Wildman–Crippen MR) is 39.4 cm³/mol. The summed E-state index contributed by atoms with van der Waals surface area (Å²) in [6, 6.07) is 0. The zero-order valence-electron chi connectivity index (χ0n) is 4.71. The van der Waals surface area contributed by atoms with E-state index in [-0.39, 0.29) is 6.23 Å². The minimum atomic E-state index is -0.263. The number of hydrogen-bond acceptors (Lipinski definition) is 3. The summed E-state index contributed by atoms with van der Waals surface area (Å²) in [6.45, 7) is 1.63. The molecular formula is C4H9IN2O. The van der Waals surface area contributed by atoms with Crippen molar-refractivity contribution in [1.29, 1.82) is 0 Å². The van der Waals surface area contributed by atoms with Crippen LogP contribution in [0.3, 0.4) is 0 Å². The molecule has 8 heavy (non-hydrogen) atoms. The fourth-order valence-electron chi connectivity index (χ4n) is 0.750. The van der Waals surface area contributed by atoms with Crippen molar-refractivity contribution in [3.05, 3.63) is 0 Å². The molecule has 1 unspecified atom stereocenters. The Kier molecular flexibility index (Phi) is 2.07. The first-order valence-corrected chi connectivity index (χ1v) is 3.45. The van der Waals surface area contributed by atoms with Crippen LogP contribution in [0.4, 0.5) is 0 Å². The zero-order chi connectivity index (χ0) is 6.15. The standard InChI is InChI=1S/C4H9IN2O/c1-6-2-4(8)7(5)3-6/h4,8H,2-3H2,1H3. The SMILES string of the molecule is CN1CC(O)N(I)C1. The molecule has 1 aliphatic heterocycles. The maximum Gasteiger partial charge on any atom is 0.129 e. The van der Waals surface area contributed by atoms with Gasteiger partial charge in [-0.15, -0.1) is 0 Å². The van der Waals surface area contributed by atoms with Crippen molar-refractivity contribution in [2.24, 2.45) is 0 Å². The van der Waals surface area contributed by atoms with E-state index in [1.165, 1.54) is 0 Å². The van der Waals surface area contributed by atoms with Crippen LogP contribution in [0.1, 0.15) is 0 Å². The van der Waals surface area contributed by atoms with E-state index in [1.54, 1.807) is 0 Å². The van der Waals surface area contributed by atoms with Gasteiger partial charge in [0.2, 0.25) is 0 Å². The third kappa shape index (κ3) is 1.31. The fourth-order valence-corrected chi connectivity index (χ4v) is 1.45. The highest BCUT2D eigenvalue weighted by molar-refractivity contribution is 14.1. The summed E-state index contributed by atoms with van der Waals surface area (Å²) >= 11 is 2.11. The van der Waals surface area contributed by atoms with Gasteiger partial charge in [0.05, 0.1) is 6.67 Å².